The summed E-state index contributed by atoms with van der Waals surface area (Å²) in [6.45, 7) is 4.33. The third-order valence-electron chi connectivity index (χ3n) is 3.72. The van der Waals surface area contributed by atoms with E-state index in [-0.39, 0.29) is 12.1 Å². The average molecular weight is 304 g/mol. The van der Waals surface area contributed by atoms with Gasteiger partial charge in [0.1, 0.15) is 5.75 Å². The molecule has 1 N–H and O–H groups in total. The number of methoxy groups -OCH3 is 1. The topological polar surface area (TPSA) is 21.3 Å². The normalized spacial score (nSPS) is 13.7. The van der Waals surface area contributed by atoms with Crippen LogP contribution in [0.5, 0.6) is 5.75 Å². The maximum Gasteiger partial charge on any atom is 0.123 e. The fourth-order valence-corrected chi connectivity index (χ4v) is 2.75. The van der Waals surface area contributed by atoms with Gasteiger partial charge in [0.2, 0.25) is 0 Å². The Kier molecular flexibility index (Phi) is 5.66. The molecular weight excluding hydrogens is 282 g/mol. The van der Waals surface area contributed by atoms with Gasteiger partial charge in [0.25, 0.3) is 0 Å². The first kappa shape index (κ1) is 15.9. The van der Waals surface area contributed by atoms with E-state index in [9.17, 15) is 0 Å². The predicted octanol–water partition coefficient (Wildman–Crippen LogP) is 5.15. The van der Waals surface area contributed by atoms with Crippen molar-refractivity contribution in [2.24, 2.45) is 0 Å². The Hall–Kier alpha value is -1.51. The molecular formula is C18H22ClNO. The van der Waals surface area contributed by atoms with Crippen LogP contribution < -0.4 is 10.1 Å². The number of rotatable bonds is 6. The second kappa shape index (κ2) is 7.48. The SMILES string of the molecule is CCC(N[C@@H](C)c1cccc(Cl)c1)c1ccccc1OC. The molecule has 2 nitrogen and oxygen atoms in total. The highest BCUT2D eigenvalue weighted by molar-refractivity contribution is 6.30. The molecule has 0 aliphatic carbocycles. The summed E-state index contributed by atoms with van der Waals surface area (Å²) < 4.78 is 5.47. The van der Waals surface area contributed by atoms with Crippen LogP contribution in [0.15, 0.2) is 48.5 Å². The molecule has 0 saturated heterocycles. The Balaban J connectivity index is 2.19. The van der Waals surface area contributed by atoms with E-state index in [1.54, 1.807) is 7.11 Å². The van der Waals surface area contributed by atoms with Crippen molar-refractivity contribution in [3.05, 3.63) is 64.7 Å². The molecule has 2 aromatic rings. The standard InChI is InChI=1S/C18H22ClNO/c1-4-17(16-10-5-6-11-18(16)21-3)20-13(2)14-8-7-9-15(19)12-14/h5-13,17,20H,4H2,1-3H3/t13-,17?/m0/s1. The van der Waals surface area contributed by atoms with Crippen LogP contribution in [0.2, 0.25) is 5.02 Å². The molecule has 0 amide bonds. The van der Waals surface area contributed by atoms with Gasteiger partial charge in [-0.25, -0.2) is 0 Å². The van der Waals surface area contributed by atoms with Crippen molar-refractivity contribution in [3.8, 4) is 5.75 Å². The zero-order valence-electron chi connectivity index (χ0n) is 12.8. The molecule has 0 saturated carbocycles. The highest BCUT2D eigenvalue weighted by Gasteiger charge is 2.17. The van der Waals surface area contributed by atoms with Crippen LogP contribution in [0, 0.1) is 0 Å². The number of benzene rings is 2. The monoisotopic (exact) mass is 303 g/mol. The average Bonchev–Trinajstić information content (AvgIpc) is 2.52. The number of hydrogen-bond acceptors (Lipinski definition) is 2. The maximum absolute atomic E-state index is 6.08. The van der Waals surface area contributed by atoms with Gasteiger partial charge in [0, 0.05) is 22.7 Å². The molecule has 2 rings (SSSR count). The van der Waals surface area contributed by atoms with Crippen LogP contribution >= 0.6 is 11.6 Å². The summed E-state index contributed by atoms with van der Waals surface area (Å²) in [7, 11) is 1.71. The molecule has 0 fully saturated rings. The quantitative estimate of drug-likeness (QED) is 0.796. The van der Waals surface area contributed by atoms with Crippen molar-refractivity contribution < 1.29 is 4.74 Å². The van der Waals surface area contributed by atoms with E-state index < -0.39 is 0 Å². The van der Waals surface area contributed by atoms with Crippen molar-refractivity contribution in [1.29, 1.82) is 0 Å². The van der Waals surface area contributed by atoms with E-state index in [0.29, 0.717) is 0 Å². The Labute approximate surface area is 132 Å². The molecule has 0 aliphatic heterocycles. The van der Waals surface area contributed by atoms with E-state index in [2.05, 4.69) is 31.3 Å². The first-order valence-electron chi connectivity index (χ1n) is 7.30. The third-order valence-corrected chi connectivity index (χ3v) is 3.96. The van der Waals surface area contributed by atoms with Gasteiger partial charge in [-0.15, -0.1) is 0 Å². The summed E-state index contributed by atoms with van der Waals surface area (Å²) in [4.78, 5) is 0. The molecule has 2 atom stereocenters. The fraction of sp³-hybridized carbons (Fsp3) is 0.333. The Bertz CT molecular complexity index is 585. The molecule has 0 aliphatic rings. The summed E-state index contributed by atoms with van der Waals surface area (Å²) in [6.07, 6.45) is 0.991. The summed E-state index contributed by atoms with van der Waals surface area (Å²) >= 11 is 6.08. The molecule has 2 aromatic carbocycles. The highest BCUT2D eigenvalue weighted by atomic mass is 35.5. The first-order chi connectivity index (χ1) is 10.2. The predicted molar refractivity (Wildman–Crippen MR) is 89.0 cm³/mol. The van der Waals surface area contributed by atoms with Gasteiger partial charge in [-0.05, 0) is 37.1 Å². The molecule has 3 heteroatoms. The lowest BCUT2D eigenvalue weighted by Gasteiger charge is -2.24. The second-order valence-corrected chi connectivity index (χ2v) is 5.58. The maximum atomic E-state index is 6.08. The molecule has 0 radical (unpaired) electrons. The minimum absolute atomic E-state index is 0.221. The Morgan fingerprint density at radius 1 is 1.14 bits per heavy atom. The lowest BCUT2D eigenvalue weighted by Crippen LogP contribution is -2.24. The van der Waals surface area contributed by atoms with Crippen molar-refractivity contribution >= 4 is 11.6 Å². The van der Waals surface area contributed by atoms with Gasteiger partial charge in [0.15, 0.2) is 0 Å². The summed E-state index contributed by atoms with van der Waals surface area (Å²) in [5, 5.41) is 4.43. The minimum atomic E-state index is 0.221. The van der Waals surface area contributed by atoms with Gasteiger partial charge in [-0.1, -0.05) is 48.9 Å². The molecule has 0 aromatic heterocycles. The zero-order valence-corrected chi connectivity index (χ0v) is 13.5. The molecule has 0 bridgehead atoms. The summed E-state index contributed by atoms with van der Waals surface area (Å²) in [5.74, 6) is 0.926. The van der Waals surface area contributed by atoms with E-state index in [0.717, 1.165) is 17.2 Å². The van der Waals surface area contributed by atoms with Crippen LogP contribution in [0.25, 0.3) is 0 Å². The molecule has 0 heterocycles. The Morgan fingerprint density at radius 2 is 1.90 bits per heavy atom. The van der Waals surface area contributed by atoms with E-state index in [1.807, 2.05) is 36.4 Å². The number of para-hydroxylation sites is 1. The number of hydrogen-bond donors (Lipinski definition) is 1. The van der Waals surface area contributed by atoms with E-state index in [4.69, 9.17) is 16.3 Å². The van der Waals surface area contributed by atoms with Gasteiger partial charge < -0.3 is 10.1 Å². The largest absolute Gasteiger partial charge is 0.496 e. The lowest BCUT2D eigenvalue weighted by molar-refractivity contribution is 0.388. The number of ether oxygens (including phenoxy) is 1. The van der Waals surface area contributed by atoms with Crippen molar-refractivity contribution in [2.45, 2.75) is 32.4 Å². The van der Waals surface area contributed by atoms with E-state index >= 15 is 0 Å². The van der Waals surface area contributed by atoms with Gasteiger partial charge in [-0.2, -0.15) is 0 Å². The van der Waals surface area contributed by atoms with Gasteiger partial charge in [-0.3, -0.25) is 0 Å². The Morgan fingerprint density at radius 3 is 2.57 bits per heavy atom. The molecule has 0 spiro atoms. The fourth-order valence-electron chi connectivity index (χ4n) is 2.56. The summed E-state index contributed by atoms with van der Waals surface area (Å²) in [6, 6.07) is 16.6. The van der Waals surface area contributed by atoms with E-state index in [1.165, 1.54) is 11.1 Å². The van der Waals surface area contributed by atoms with Crippen LogP contribution in [0.3, 0.4) is 0 Å². The van der Waals surface area contributed by atoms with Crippen LogP contribution in [-0.4, -0.2) is 7.11 Å². The molecule has 21 heavy (non-hydrogen) atoms. The van der Waals surface area contributed by atoms with Crippen LogP contribution in [0.1, 0.15) is 43.5 Å². The smallest absolute Gasteiger partial charge is 0.123 e. The van der Waals surface area contributed by atoms with Crippen molar-refractivity contribution in [1.82, 2.24) is 5.32 Å². The lowest BCUT2D eigenvalue weighted by atomic mass is 10.0. The minimum Gasteiger partial charge on any atom is -0.496 e. The highest BCUT2D eigenvalue weighted by Crippen LogP contribution is 2.29. The zero-order chi connectivity index (χ0) is 15.2. The molecule has 112 valence electrons. The van der Waals surface area contributed by atoms with Crippen LogP contribution in [0.4, 0.5) is 0 Å². The molecule has 1 unspecified atom stereocenters. The summed E-state index contributed by atoms with van der Waals surface area (Å²) in [5.41, 5.74) is 2.38. The van der Waals surface area contributed by atoms with Crippen molar-refractivity contribution in [2.75, 3.05) is 7.11 Å². The van der Waals surface area contributed by atoms with Gasteiger partial charge >= 0.3 is 0 Å². The van der Waals surface area contributed by atoms with Crippen molar-refractivity contribution in [3.63, 3.8) is 0 Å². The second-order valence-electron chi connectivity index (χ2n) is 5.15. The van der Waals surface area contributed by atoms with Crippen LogP contribution in [-0.2, 0) is 0 Å². The number of nitrogens with one attached hydrogen (secondary N) is 1. The first-order valence-corrected chi connectivity index (χ1v) is 7.68. The third kappa shape index (κ3) is 3.99. The number of halogens is 1. The van der Waals surface area contributed by atoms with Gasteiger partial charge in [0.05, 0.1) is 7.11 Å².